The van der Waals surface area contributed by atoms with E-state index in [1.807, 2.05) is 12.1 Å². The average Bonchev–Trinajstić information content (AvgIpc) is 2.81. The Morgan fingerprint density at radius 3 is 2.42 bits per heavy atom. The van der Waals surface area contributed by atoms with Crippen LogP contribution < -0.4 is 10.9 Å². The van der Waals surface area contributed by atoms with Crippen LogP contribution >= 0.6 is 0 Å². The zero-order valence-corrected chi connectivity index (χ0v) is 18.3. The van der Waals surface area contributed by atoms with Crippen molar-refractivity contribution < 1.29 is 4.79 Å². The highest BCUT2D eigenvalue weighted by Crippen LogP contribution is 2.23. The molecule has 0 unspecified atom stereocenters. The van der Waals surface area contributed by atoms with E-state index in [4.69, 9.17) is 0 Å². The second-order valence-electron chi connectivity index (χ2n) is 8.48. The number of aryl methyl sites for hydroxylation is 1. The molecule has 0 saturated heterocycles. The van der Waals surface area contributed by atoms with Gasteiger partial charge in [-0.25, -0.2) is 4.68 Å². The first kappa shape index (κ1) is 21.2. The Morgan fingerprint density at radius 1 is 1.03 bits per heavy atom. The molecule has 1 aromatic heterocycles. The lowest BCUT2D eigenvalue weighted by atomic mass is 9.94. The molecular weight excluding hydrogens is 388 g/mol. The van der Waals surface area contributed by atoms with Gasteiger partial charge in [0.1, 0.15) is 0 Å². The number of hydrogen-bond acceptors (Lipinski definition) is 4. The maximum absolute atomic E-state index is 13.0. The van der Waals surface area contributed by atoms with E-state index in [-0.39, 0.29) is 17.2 Å². The summed E-state index contributed by atoms with van der Waals surface area (Å²) in [7, 11) is 3.77. The van der Waals surface area contributed by atoms with Gasteiger partial charge in [-0.15, -0.1) is 0 Å². The van der Waals surface area contributed by atoms with Crippen molar-refractivity contribution in [2.75, 3.05) is 7.05 Å². The quantitative estimate of drug-likeness (QED) is 0.664. The summed E-state index contributed by atoms with van der Waals surface area (Å²) in [6, 6.07) is 16.0. The van der Waals surface area contributed by atoms with Crippen molar-refractivity contribution in [3.8, 4) is 0 Å². The van der Waals surface area contributed by atoms with E-state index in [9.17, 15) is 9.59 Å². The zero-order valence-electron chi connectivity index (χ0n) is 18.3. The number of amides is 1. The molecule has 3 aromatic rings. The van der Waals surface area contributed by atoms with Crippen LogP contribution in [0.1, 0.15) is 53.7 Å². The Balaban J connectivity index is 1.50. The molecule has 1 amide bonds. The fourth-order valence-electron chi connectivity index (χ4n) is 4.53. The average molecular weight is 419 g/mol. The van der Waals surface area contributed by atoms with Gasteiger partial charge in [-0.05, 0) is 37.1 Å². The van der Waals surface area contributed by atoms with Gasteiger partial charge in [-0.3, -0.25) is 14.5 Å². The molecule has 1 aliphatic carbocycles. The van der Waals surface area contributed by atoms with Crippen molar-refractivity contribution in [3.05, 3.63) is 75.7 Å². The molecule has 31 heavy (non-hydrogen) atoms. The highest BCUT2D eigenvalue weighted by atomic mass is 16.2. The Labute approximate surface area is 182 Å². The largest absolute Gasteiger partial charge is 0.347 e. The van der Waals surface area contributed by atoms with Crippen molar-refractivity contribution in [2.45, 2.75) is 51.2 Å². The number of carbonyl (C=O) groups excluding carboxylic acids is 1. The van der Waals surface area contributed by atoms with Crippen molar-refractivity contribution in [1.82, 2.24) is 20.0 Å². The second kappa shape index (κ2) is 9.43. The Kier molecular flexibility index (Phi) is 6.47. The number of aromatic nitrogens is 2. The summed E-state index contributed by atoms with van der Waals surface area (Å²) < 4.78 is 1.23. The predicted molar refractivity (Wildman–Crippen MR) is 123 cm³/mol. The Hall–Kier alpha value is -2.99. The van der Waals surface area contributed by atoms with Gasteiger partial charge in [0.25, 0.3) is 11.5 Å². The smallest absolute Gasteiger partial charge is 0.274 e. The Morgan fingerprint density at radius 2 is 1.68 bits per heavy atom. The summed E-state index contributed by atoms with van der Waals surface area (Å²) in [5, 5.41) is 8.32. The molecular formula is C25H30N4O2. The molecule has 1 heterocycles. The van der Waals surface area contributed by atoms with Gasteiger partial charge in [0.15, 0.2) is 5.69 Å². The fourth-order valence-corrected chi connectivity index (χ4v) is 4.53. The van der Waals surface area contributed by atoms with Gasteiger partial charge in [0.2, 0.25) is 0 Å². The van der Waals surface area contributed by atoms with Crippen LogP contribution in [-0.4, -0.2) is 33.7 Å². The second-order valence-corrected chi connectivity index (χ2v) is 8.48. The minimum atomic E-state index is -0.276. The molecule has 1 fully saturated rings. The summed E-state index contributed by atoms with van der Waals surface area (Å²) >= 11 is 0. The van der Waals surface area contributed by atoms with Gasteiger partial charge in [0, 0.05) is 31.6 Å². The lowest BCUT2D eigenvalue weighted by Gasteiger charge is -2.31. The first-order chi connectivity index (χ1) is 15.0. The SMILES string of the molecule is CN(Cc1ccccc1CNC(=O)c1nn(C)c(=O)c2ccccc12)C1CCCCC1. The van der Waals surface area contributed by atoms with Crippen LogP contribution in [0.5, 0.6) is 0 Å². The molecule has 1 N–H and O–H groups in total. The van der Waals surface area contributed by atoms with Crippen molar-refractivity contribution in [1.29, 1.82) is 0 Å². The number of carbonyl (C=O) groups is 1. The van der Waals surface area contributed by atoms with Crippen LogP contribution in [0.3, 0.4) is 0 Å². The summed E-state index contributed by atoms with van der Waals surface area (Å²) in [5.41, 5.74) is 2.40. The molecule has 0 radical (unpaired) electrons. The van der Waals surface area contributed by atoms with Crippen LogP contribution in [0.15, 0.2) is 53.3 Å². The summed E-state index contributed by atoms with van der Waals surface area (Å²) in [5.74, 6) is -0.276. The molecule has 4 rings (SSSR count). The molecule has 0 bridgehead atoms. The van der Waals surface area contributed by atoms with E-state index in [2.05, 4.69) is 40.6 Å². The van der Waals surface area contributed by atoms with Crippen LogP contribution in [0, 0.1) is 0 Å². The molecule has 1 saturated carbocycles. The van der Waals surface area contributed by atoms with E-state index in [0.717, 1.165) is 12.1 Å². The van der Waals surface area contributed by atoms with Crippen molar-refractivity contribution in [2.24, 2.45) is 7.05 Å². The van der Waals surface area contributed by atoms with Crippen LogP contribution in [0.25, 0.3) is 10.8 Å². The molecule has 2 aromatic carbocycles. The number of rotatable bonds is 6. The third-order valence-electron chi connectivity index (χ3n) is 6.35. The maximum atomic E-state index is 13.0. The Bertz CT molecular complexity index is 1130. The highest BCUT2D eigenvalue weighted by molar-refractivity contribution is 6.04. The minimum absolute atomic E-state index is 0.205. The summed E-state index contributed by atoms with van der Waals surface area (Å²) in [4.78, 5) is 27.7. The zero-order chi connectivity index (χ0) is 21.8. The number of nitrogens with zero attached hydrogens (tertiary/aromatic N) is 3. The van der Waals surface area contributed by atoms with E-state index in [0.29, 0.717) is 23.4 Å². The third kappa shape index (κ3) is 4.69. The van der Waals surface area contributed by atoms with Gasteiger partial charge in [0.05, 0.1) is 5.39 Å². The van der Waals surface area contributed by atoms with Gasteiger partial charge in [-0.2, -0.15) is 5.10 Å². The normalized spacial score (nSPS) is 14.8. The summed E-state index contributed by atoms with van der Waals surface area (Å²) in [6.45, 7) is 1.30. The van der Waals surface area contributed by atoms with Crippen LogP contribution in [-0.2, 0) is 20.1 Å². The van der Waals surface area contributed by atoms with Crippen LogP contribution in [0.4, 0.5) is 0 Å². The predicted octanol–water partition coefficient (Wildman–Crippen LogP) is 3.63. The van der Waals surface area contributed by atoms with Gasteiger partial charge < -0.3 is 5.32 Å². The number of benzene rings is 2. The topological polar surface area (TPSA) is 67.2 Å². The third-order valence-corrected chi connectivity index (χ3v) is 6.35. The van der Waals surface area contributed by atoms with E-state index < -0.39 is 0 Å². The highest BCUT2D eigenvalue weighted by Gasteiger charge is 2.19. The standard InChI is InChI=1S/C25H30N4O2/c1-28(20-12-4-3-5-13-20)17-19-11-7-6-10-18(19)16-26-24(30)23-21-14-8-9-15-22(21)25(31)29(2)27-23/h6-11,14-15,20H,3-5,12-13,16-17H2,1-2H3,(H,26,30). The molecule has 0 spiro atoms. The first-order valence-electron chi connectivity index (χ1n) is 11.1. The van der Waals surface area contributed by atoms with Gasteiger partial charge in [-0.1, -0.05) is 61.7 Å². The van der Waals surface area contributed by atoms with Crippen molar-refractivity contribution >= 4 is 16.7 Å². The molecule has 1 aliphatic rings. The lowest BCUT2D eigenvalue weighted by molar-refractivity contribution is 0.0945. The molecule has 0 aliphatic heterocycles. The molecule has 6 nitrogen and oxygen atoms in total. The van der Waals surface area contributed by atoms with Gasteiger partial charge >= 0.3 is 0 Å². The first-order valence-corrected chi connectivity index (χ1v) is 11.1. The molecule has 0 atom stereocenters. The van der Waals surface area contributed by atoms with E-state index in [1.54, 1.807) is 25.2 Å². The molecule has 6 heteroatoms. The maximum Gasteiger partial charge on any atom is 0.274 e. The van der Waals surface area contributed by atoms with E-state index in [1.165, 1.54) is 42.3 Å². The number of nitrogens with one attached hydrogen (secondary N) is 1. The fraction of sp³-hybridized carbons (Fsp3) is 0.400. The monoisotopic (exact) mass is 418 g/mol. The number of hydrogen-bond donors (Lipinski definition) is 1. The van der Waals surface area contributed by atoms with Crippen molar-refractivity contribution in [3.63, 3.8) is 0 Å². The minimum Gasteiger partial charge on any atom is -0.347 e. The summed E-state index contributed by atoms with van der Waals surface area (Å²) in [6.07, 6.45) is 6.50. The van der Waals surface area contributed by atoms with E-state index >= 15 is 0 Å². The van der Waals surface area contributed by atoms with Crippen LogP contribution in [0.2, 0.25) is 0 Å². The molecule has 162 valence electrons. The lowest BCUT2D eigenvalue weighted by Crippen LogP contribution is -2.33. The number of fused-ring (bicyclic) bond motifs is 1.